The Morgan fingerprint density at radius 3 is 2.60 bits per heavy atom. The van der Waals surface area contributed by atoms with Gasteiger partial charge in [-0.25, -0.2) is 4.98 Å². The van der Waals surface area contributed by atoms with Crippen LogP contribution in [-0.2, 0) is 6.54 Å². The minimum absolute atomic E-state index is 0.229. The summed E-state index contributed by atoms with van der Waals surface area (Å²) in [7, 11) is 0. The normalized spacial score (nSPS) is 13.8. The van der Waals surface area contributed by atoms with Gasteiger partial charge in [-0.05, 0) is 37.4 Å². The number of para-hydroxylation sites is 2. The van der Waals surface area contributed by atoms with Gasteiger partial charge in [-0.1, -0.05) is 39.8 Å². The average molecular weight is 273 g/mol. The Kier molecular flexibility index (Phi) is 4.48. The molecule has 0 radical (unpaired) electrons. The number of hydrogen-bond donors (Lipinski definition) is 1. The van der Waals surface area contributed by atoms with Gasteiger partial charge in [0, 0.05) is 12.6 Å². The summed E-state index contributed by atoms with van der Waals surface area (Å²) in [5.74, 6) is 1.10. The zero-order chi connectivity index (χ0) is 14.8. The van der Waals surface area contributed by atoms with Crippen LogP contribution in [0.3, 0.4) is 0 Å². The van der Waals surface area contributed by atoms with E-state index in [1.54, 1.807) is 0 Å². The molecule has 2 aromatic rings. The molecule has 2 rings (SSSR count). The van der Waals surface area contributed by atoms with Crippen LogP contribution in [0.5, 0.6) is 0 Å². The number of nitrogens with zero attached hydrogens (tertiary/aromatic N) is 2. The number of aromatic nitrogens is 2. The summed E-state index contributed by atoms with van der Waals surface area (Å²) in [5.41, 5.74) is 2.55. The van der Waals surface area contributed by atoms with Crippen LogP contribution in [0.2, 0.25) is 0 Å². The van der Waals surface area contributed by atoms with Gasteiger partial charge in [0.2, 0.25) is 0 Å². The number of aryl methyl sites for hydroxylation is 1. The number of nitrogens with one attached hydrogen (secondary N) is 1. The first-order valence-electron chi connectivity index (χ1n) is 7.58. The Morgan fingerprint density at radius 2 is 1.95 bits per heavy atom. The second-order valence-corrected chi connectivity index (χ2v) is 6.63. The van der Waals surface area contributed by atoms with E-state index in [0.717, 1.165) is 30.9 Å². The van der Waals surface area contributed by atoms with E-state index in [1.807, 2.05) is 0 Å². The Hall–Kier alpha value is -1.35. The number of imidazole rings is 1. The van der Waals surface area contributed by atoms with Crippen LogP contribution >= 0.6 is 0 Å². The van der Waals surface area contributed by atoms with E-state index in [4.69, 9.17) is 0 Å². The van der Waals surface area contributed by atoms with Crippen LogP contribution in [0.1, 0.15) is 39.9 Å². The summed E-state index contributed by atoms with van der Waals surface area (Å²) in [6.45, 7) is 13.2. The molecule has 1 aromatic heterocycles. The summed E-state index contributed by atoms with van der Waals surface area (Å²) in [5, 5.41) is 3.69. The van der Waals surface area contributed by atoms with Crippen molar-refractivity contribution in [2.75, 3.05) is 6.54 Å². The van der Waals surface area contributed by atoms with Crippen molar-refractivity contribution in [2.45, 2.75) is 53.6 Å². The highest BCUT2D eigenvalue weighted by Crippen LogP contribution is 2.23. The lowest BCUT2D eigenvalue weighted by atomic mass is 9.86. The number of fused-ring (bicyclic) bond motifs is 1. The zero-order valence-corrected chi connectivity index (χ0v) is 13.4. The van der Waals surface area contributed by atoms with Gasteiger partial charge in [0.15, 0.2) is 0 Å². The SMILES string of the molecule is CCCNC(Cn1c(C)nc2ccccc21)C(C)(C)C. The summed E-state index contributed by atoms with van der Waals surface area (Å²) in [6, 6.07) is 8.83. The van der Waals surface area contributed by atoms with Crippen molar-refractivity contribution in [1.82, 2.24) is 14.9 Å². The molecule has 0 bridgehead atoms. The molecule has 110 valence electrons. The molecule has 0 aliphatic rings. The third-order valence-corrected chi connectivity index (χ3v) is 3.90. The minimum atomic E-state index is 0.229. The third-order valence-electron chi connectivity index (χ3n) is 3.90. The van der Waals surface area contributed by atoms with Crippen molar-refractivity contribution in [3.05, 3.63) is 30.1 Å². The summed E-state index contributed by atoms with van der Waals surface area (Å²) in [4.78, 5) is 4.66. The summed E-state index contributed by atoms with van der Waals surface area (Å²) in [6.07, 6.45) is 1.16. The molecule has 1 N–H and O–H groups in total. The maximum absolute atomic E-state index is 4.66. The molecule has 0 aliphatic heterocycles. The molecule has 0 spiro atoms. The van der Waals surface area contributed by atoms with Crippen molar-refractivity contribution in [3.8, 4) is 0 Å². The molecule has 1 heterocycles. The highest BCUT2D eigenvalue weighted by molar-refractivity contribution is 5.75. The van der Waals surface area contributed by atoms with Gasteiger partial charge in [-0.3, -0.25) is 0 Å². The first-order chi connectivity index (χ1) is 9.43. The highest BCUT2D eigenvalue weighted by atomic mass is 15.1. The van der Waals surface area contributed by atoms with Gasteiger partial charge in [-0.2, -0.15) is 0 Å². The van der Waals surface area contributed by atoms with E-state index in [1.165, 1.54) is 5.52 Å². The van der Waals surface area contributed by atoms with Gasteiger partial charge >= 0.3 is 0 Å². The fraction of sp³-hybridized carbons (Fsp3) is 0.588. The Labute approximate surface area is 122 Å². The van der Waals surface area contributed by atoms with Gasteiger partial charge in [-0.15, -0.1) is 0 Å². The summed E-state index contributed by atoms with van der Waals surface area (Å²) >= 11 is 0. The van der Waals surface area contributed by atoms with Crippen molar-refractivity contribution in [1.29, 1.82) is 0 Å². The van der Waals surface area contributed by atoms with Crippen molar-refractivity contribution in [2.24, 2.45) is 5.41 Å². The molecule has 0 saturated carbocycles. The van der Waals surface area contributed by atoms with Crippen LogP contribution in [0.25, 0.3) is 11.0 Å². The predicted octanol–water partition coefficient (Wildman–Crippen LogP) is 3.76. The molecule has 0 fully saturated rings. The van der Waals surface area contributed by atoms with Crippen LogP contribution in [0.15, 0.2) is 24.3 Å². The van der Waals surface area contributed by atoms with E-state index in [0.29, 0.717) is 6.04 Å². The fourth-order valence-electron chi connectivity index (χ4n) is 2.57. The van der Waals surface area contributed by atoms with E-state index in [9.17, 15) is 0 Å². The molecule has 0 amide bonds. The molecule has 3 nitrogen and oxygen atoms in total. The van der Waals surface area contributed by atoms with E-state index in [2.05, 4.69) is 73.8 Å². The molecular formula is C17H27N3. The molecular weight excluding hydrogens is 246 g/mol. The molecule has 1 aromatic carbocycles. The zero-order valence-electron chi connectivity index (χ0n) is 13.4. The van der Waals surface area contributed by atoms with Gasteiger partial charge in [0.25, 0.3) is 0 Å². The predicted molar refractivity (Wildman–Crippen MR) is 86.0 cm³/mol. The number of hydrogen-bond acceptors (Lipinski definition) is 2. The Morgan fingerprint density at radius 1 is 1.25 bits per heavy atom. The Bertz CT molecular complexity index is 563. The largest absolute Gasteiger partial charge is 0.327 e. The molecule has 1 unspecified atom stereocenters. The van der Waals surface area contributed by atoms with Crippen molar-refractivity contribution < 1.29 is 0 Å². The first kappa shape index (κ1) is 15.0. The van der Waals surface area contributed by atoms with Crippen LogP contribution in [0.4, 0.5) is 0 Å². The van der Waals surface area contributed by atoms with Gasteiger partial charge in [0.1, 0.15) is 5.82 Å². The molecule has 20 heavy (non-hydrogen) atoms. The smallest absolute Gasteiger partial charge is 0.106 e. The van der Waals surface area contributed by atoms with Crippen molar-refractivity contribution in [3.63, 3.8) is 0 Å². The maximum atomic E-state index is 4.66. The lowest BCUT2D eigenvalue weighted by molar-refractivity contribution is 0.243. The highest BCUT2D eigenvalue weighted by Gasteiger charge is 2.25. The molecule has 0 saturated heterocycles. The maximum Gasteiger partial charge on any atom is 0.106 e. The molecule has 1 atom stereocenters. The molecule has 0 aliphatic carbocycles. The van der Waals surface area contributed by atoms with Crippen LogP contribution < -0.4 is 5.32 Å². The number of benzene rings is 1. The fourth-order valence-corrected chi connectivity index (χ4v) is 2.57. The van der Waals surface area contributed by atoms with Crippen molar-refractivity contribution >= 4 is 11.0 Å². The van der Waals surface area contributed by atoms with E-state index in [-0.39, 0.29) is 5.41 Å². The van der Waals surface area contributed by atoms with E-state index >= 15 is 0 Å². The van der Waals surface area contributed by atoms with Crippen LogP contribution in [0, 0.1) is 12.3 Å². The topological polar surface area (TPSA) is 29.9 Å². The van der Waals surface area contributed by atoms with Gasteiger partial charge < -0.3 is 9.88 Å². The lowest BCUT2D eigenvalue weighted by Crippen LogP contribution is -2.43. The second-order valence-electron chi connectivity index (χ2n) is 6.63. The van der Waals surface area contributed by atoms with Crippen LogP contribution in [-0.4, -0.2) is 22.1 Å². The van der Waals surface area contributed by atoms with Gasteiger partial charge in [0.05, 0.1) is 11.0 Å². The second kappa shape index (κ2) is 5.96. The quantitative estimate of drug-likeness (QED) is 0.899. The monoisotopic (exact) mass is 273 g/mol. The lowest BCUT2D eigenvalue weighted by Gasteiger charge is -2.32. The van der Waals surface area contributed by atoms with E-state index < -0.39 is 0 Å². The third kappa shape index (κ3) is 3.21. The average Bonchev–Trinajstić information content (AvgIpc) is 2.69. The summed E-state index contributed by atoms with van der Waals surface area (Å²) < 4.78 is 2.34. The first-order valence-corrected chi connectivity index (χ1v) is 7.58. The minimum Gasteiger partial charge on any atom is -0.327 e. The standard InChI is InChI=1S/C17H27N3/c1-6-11-18-16(17(3,4)5)12-20-13(2)19-14-9-7-8-10-15(14)20/h7-10,16,18H,6,11-12H2,1-5H3. The molecule has 3 heteroatoms. The Balaban J connectivity index is 2.30. The number of rotatable bonds is 5.